The average Bonchev–Trinajstić information content (AvgIpc) is 2.29. The van der Waals surface area contributed by atoms with E-state index in [1.54, 1.807) is 6.07 Å². The SMILES string of the molecule is NC(=O)c1ccnc(-c2ccnc(F)c2)n1. The first-order chi connectivity index (χ1) is 7.66. The first-order valence-electron chi connectivity index (χ1n) is 4.41. The second-order valence-corrected chi connectivity index (χ2v) is 3.00. The van der Waals surface area contributed by atoms with Crippen LogP contribution in [0.25, 0.3) is 11.4 Å². The Morgan fingerprint density at radius 2 is 2.00 bits per heavy atom. The van der Waals surface area contributed by atoms with Gasteiger partial charge >= 0.3 is 0 Å². The summed E-state index contributed by atoms with van der Waals surface area (Å²) in [5.74, 6) is -1.05. The fourth-order valence-electron chi connectivity index (χ4n) is 1.18. The Hall–Kier alpha value is -2.37. The summed E-state index contributed by atoms with van der Waals surface area (Å²) in [6, 6.07) is 4.12. The van der Waals surface area contributed by atoms with Gasteiger partial charge in [0.1, 0.15) is 5.69 Å². The van der Waals surface area contributed by atoms with Crippen molar-refractivity contribution in [3.8, 4) is 11.4 Å². The number of amides is 1. The van der Waals surface area contributed by atoms with Crippen molar-refractivity contribution in [3.05, 3.63) is 42.2 Å². The van der Waals surface area contributed by atoms with E-state index in [1.165, 1.54) is 24.5 Å². The van der Waals surface area contributed by atoms with Crippen LogP contribution in [-0.2, 0) is 0 Å². The zero-order chi connectivity index (χ0) is 11.5. The number of hydrogen-bond acceptors (Lipinski definition) is 4. The topological polar surface area (TPSA) is 81.8 Å². The molecular formula is C10H7FN4O. The minimum atomic E-state index is -0.654. The van der Waals surface area contributed by atoms with Gasteiger partial charge in [0.2, 0.25) is 5.95 Å². The van der Waals surface area contributed by atoms with Crippen molar-refractivity contribution in [1.82, 2.24) is 15.0 Å². The monoisotopic (exact) mass is 218 g/mol. The predicted octanol–water partition coefficient (Wildman–Crippen LogP) is 0.777. The third kappa shape index (κ3) is 2.00. The summed E-state index contributed by atoms with van der Waals surface area (Å²) in [5, 5.41) is 0. The van der Waals surface area contributed by atoms with Gasteiger partial charge in [0.25, 0.3) is 5.91 Å². The standard InChI is InChI=1S/C10H7FN4O/c11-8-5-6(1-3-13-8)10-14-4-2-7(15-10)9(12)16/h1-5H,(H2,12,16). The molecule has 0 saturated heterocycles. The maximum absolute atomic E-state index is 12.9. The minimum Gasteiger partial charge on any atom is -0.364 e. The van der Waals surface area contributed by atoms with Gasteiger partial charge in [-0.2, -0.15) is 4.39 Å². The van der Waals surface area contributed by atoms with E-state index in [1.807, 2.05) is 0 Å². The normalized spacial score (nSPS) is 10.1. The molecule has 0 radical (unpaired) electrons. The maximum Gasteiger partial charge on any atom is 0.267 e. The number of carbonyl (C=O) groups is 1. The van der Waals surface area contributed by atoms with Gasteiger partial charge in [-0.1, -0.05) is 0 Å². The van der Waals surface area contributed by atoms with Crippen LogP contribution in [0.1, 0.15) is 10.5 Å². The quantitative estimate of drug-likeness (QED) is 0.755. The fourth-order valence-corrected chi connectivity index (χ4v) is 1.18. The predicted molar refractivity (Wildman–Crippen MR) is 53.7 cm³/mol. The van der Waals surface area contributed by atoms with E-state index < -0.39 is 11.9 Å². The third-order valence-corrected chi connectivity index (χ3v) is 1.89. The third-order valence-electron chi connectivity index (χ3n) is 1.89. The Kier molecular flexibility index (Phi) is 2.55. The molecule has 6 heteroatoms. The number of carbonyl (C=O) groups excluding carboxylic acids is 1. The molecule has 16 heavy (non-hydrogen) atoms. The second-order valence-electron chi connectivity index (χ2n) is 3.00. The molecule has 0 atom stereocenters. The number of nitrogens with zero attached hydrogens (tertiary/aromatic N) is 3. The highest BCUT2D eigenvalue weighted by Crippen LogP contribution is 2.14. The molecular weight excluding hydrogens is 211 g/mol. The number of aromatic nitrogens is 3. The van der Waals surface area contributed by atoms with Crippen LogP contribution in [0.15, 0.2) is 30.6 Å². The van der Waals surface area contributed by atoms with Crippen LogP contribution in [0.3, 0.4) is 0 Å². The minimum absolute atomic E-state index is 0.0854. The molecule has 80 valence electrons. The van der Waals surface area contributed by atoms with Crippen LogP contribution in [-0.4, -0.2) is 20.9 Å². The Labute approximate surface area is 90.2 Å². The van der Waals surface area contributed by atoms with E-state index in [0.29, 0.717) is 5.56 Å². The van der Waals surface area contributed by atoms with E-state index in [4.69, 9.17) is 5.73 Å². The number of rotatable bonds is 2. The zero-order valence-corrected chi connectivity index (χ0v) is 8.09. The van der Waals surface area contributed by atoms with Crippen LogP contribution < -0.4 is 5.73 Å². The zero-order valence-electron chi connectivity index (χ0n) is 8.09. The van der Waals surface area contributed by atoms with E-state index in [2.05, 4.69) is 15.0 Å². The molecule has 2 heterocycles. The van der Waals surface area contributed by atoms with Gasteiger partial charge in [-0.15, -0.1) is 0 Å². The number of primary amides is 1. The first kappa shape index (κ1) is 10.2. The molecule has 2 rings (SSSR count). The molecule has 2 aromatic heterocycles. The van der Waals surface area contributed by atoms with Crippen LogP contribution in [0.4, 0.5) is 4.39 Å². The second kappa shape index (κ2) is 4.01. The summed E-state index contributed by atoms with van der Waals surface area (Å²) in [6.45, 7) is 0. The molecule has 0 unspecified atom stereocenters. The molecule has 0 spiro atoms. The highest BCUT2D eigenvalue weighted by molar-refractivity contribution is 5.91. The fraction of sp³-hybridized carbons (Fsp3) is 0. The lowest BCUT2D eigenvalue weighted by Crippen LogP contribution is -2.13. The molecule has 2 N–H and O–H groups in total. The van der Waals surface area contributed by atoms with Gasteiger partial charge < -0.3 is 5.73 Å². The summed E-state index contributed by atoms with van der Waals surface area (Å²) >= 11 is 0. The summed E-state index contributed by atoms with van der Waals surface area (Å²) in [6.07, 6.45) is 2.69. The molecule has 2 aromatic rings. The smallest absolute Gasteiger partial charge is 0.267 e. The van der Waals surface area contributed by atoms with Gasteiger partial charge in [0.05, 0.1) is 0 Å². The van der Waals surface area contributed by atoms with E-state index in [-0.39, 0.29) is 11.5 Å². The van der Waals surface area contributed by atoms with Crippen molar-refractivity contribution in [3.63, 3.8) is 0 Å². The molecule has 0 aliphatic carbocycles. The number of halogens is 1. The molecule has 0 aliphatic rings. The van der Waals surface area contributed by atoms with E-state index >= 15 is 0 Å². The number of nitrogens with two attached hydrogens (primary N) is 1. The summed E-state index contributed by atoms with van der Waals surface area (Å²) in [7, 11) is 0. The Bertz CT molecular complexity index is 544. The average molecular weight is 218 g/mol. The maximum atomic E-state index is 12.9. The van der Waals surface area contributed by atoms with Crippen LogP contribution in [0.2, 0.25) is 0 Å². The molecule has 5 nitrogen and oxygen atoms in total. The van der Waals surface area contributed by atoms with Gasteiger partial charge in [0, 0.05) is 24.0 Å². The van der Waals surface area contributed by atoms with Crippen molar-refractivity contribution in [2.45, 2.75) is 0 Å². The Balaban J connectivity index is 2.48. The van der Waals surface area contributed by atoms with Crippen molar-refractivity contribution in [2.24, 2.45) is 5.73 Å². The molecule has 0 aromatic carbocycles. The van der Waals surface area contributed by atoms with Crippen molar-refractivity contribution in [1.29, 1.82) is 0 Å². The molecule has 0 saturated carbocycles. The van der Waals surface area contributed by atoms with Crippen molar-refractivity contribution in [2.75, 3.05) is 0 Å². The molecule has 0 aliphatic heterocycles. The van der Waals surface area contributed by atoms with Gasteiger partial charge in [0.15, 0.2) is 5.82 Å². The Morgan fingerprint density at radius 1 is 1.25 bits per heavy atom. The van der Waals surface area contributed by atoms with Crippen LogP contribution in [0, 0.1) is 5.95 Å². The van der Waals surface area contributed by atoms with E-state index in [9.17, 15) is 9.18 Å². The summed E-state index contributed by atoms with van der Waals surface area (Å²) in [5.41, 5.74) is 5.60. The van der Waals surface area contributed by atoms with Crippen molar-refractivity contribution < 1.29 is 9.18 Å². The largest absolute Gasteiger partial charge is 0.364 e. The van der Waals surface area contributed by atoms with Crippen LogP contribution >= 0.6 is 0 Å². The van der Waals surface area contributed by atoms with E-state index in [0.717, 1.165) is 0 Å². The van der Waals surface area contributed by atoms with Gasteiger partial charge in [-0.05, 0) is 12.1 Å². The van der Waals surface area contributed by atoms with Crippen LogP contribution in [0.5, 0.6) is 0 Å². The highest BCUT2D eigenvalue weighted by Gasteiger charge is 2.07. The Morgan fingerprint density at radius 3 is 2.69 bits per heavy atom. The molecule has 1 amide bonds. The van der Waals surface area contributed by atoms with Gasteiger partial charge in [-0.25, -0.2) is 15.0 Å². The van der Waals surface area contributed by atoms with Gasteiger partial charge in [-0.3, -0.25) is 4.79 Å². The number of pyridine rings is 1. The summed E-state index contributed by atoms with van der Waals surface area (Å²) in [4.78, 5) is 22.1. The lowest BCUT2D eigenvalue weighted by Gasteiger charge is -2.00. The summed E-state index contributed by atoms with van der Waals surface area (Å²) < 4.78 is 12.9. The molecule has 0 bridgehead atoms. The lowest BCUT2D eigenvalue weighted by molar-refractivity contribution is 0.0995. The molecule has 0 fully saturated rings. The highest BCUT2D eigenvalue weighted by atomic mass is 19.1. The number of hydrogen-bond donors (Lipinski definition) is 1. The lowest BCUT2D eigenvalue weighted by atomic mass is 10.2. The van der Waals surface area contributed by atoms with Crippen molar-refractivity contribution >= 4 is 5.91 Å². The first-order valence-corrected chi connectivity index (χ1v) is 4.41.